The highest BCUT2D eigenvalue weighted by Gasteiger charge is 2.06. The summed E-state index contributed by atoms with van der Waals surface area (Å²) in [6.07, 6.45) is 2.52. The van der Waals surface area contributed by atoms with Gasteiger partial charge in [0.25, 0.3) is 0 Å². The summed E-state index contributed by atoms with van der Waals surface area (Å²) in [6.45, 7) is 7.93. The molecule has 0 radical (unpaired) electrons. The van der Waals surface area contributed by atoms with Crippen molar-refractivity contribution in [1.82, 2.24) is 15.3 Å². The molecule has 2 aromatic rings. The van der Waals surface area contributed by atoms with E-state index in [4.69, 9.17) is 0 Å². The quantitative estimate of drug-likeness (QED) is 0.764. The topological polar surface area (TPSA) is 57.8 Å². The second-order valence-electron chi connectivity index (χ2n) is 3.67. The first kappa shape index (κ1) is 16.3. The van der Waals surface area contributed by atoms with Gasteiger partial charge in [-0.25, -0.2) is 0 Å². The fraction of sp³-hybridized carbons (Fsp3) is 0.429. The van der Waals surface area contributed by atoms with Gasteiger partial charge in [-0.15, -0.1) is 0 Å². The van der Waals surface area contributed by atoms with E-state index in [9.17, 15) is 4.79 Å². The minimum atomic E-state index is 0.627. The summed E-state index contributed by atoms with van der Waals surface area (Å²) in [6, 6.07) is 1.99. The normalized spacial score (nSPS) is 9.00. The fourth-order valence-corrected chi connectivity index (χ4v) is 1.54. The van der Waals surface area contributed by atoms with Gasteiger partial charge in [0, 0.05) is 11.9 Å². The molecule has 0 aromatic carbocycles. The number of carbonyl (C=O) groups excluding carboxylic acids is 1. The molecule has 0 atom stereocenters. The molecule has 2 N–H and O–H groups in total. The van der Waals surface area contributed by atoms with Gasteiger partial charge in [0.05, 0.1) is 16.6 Å². The smallest absolute Gasteiger partial charge is 0.153 e. The number of rotatable bonds is 1. The average Bonchev–Trinajstić information content (AvgIpc) is 2.75. The maximum atomic E-state index is 10.6. The van der Waals surface area contributed by atoms with Crippen molar-refractivity contribution in [3.05, 3.63) is 29.1 Å². The number of H-pyrrole nitrogens is 1. The van der Waals surface area contributed by atoms with Crippen LogP contribution in [-0.2, 0) is 0 Å². The van der Waals surface area contributed by atoms with Gasteiger partial charge in [-0.3, -0.25) is 9.78 Å². The van der Waals surface area contributed by atoms with Crippen LogP contribution in [0.25, 0.3) is 11.0 Å². The van der Waals surface area contributed by atoms with Gasteiger partial charge in [0.2, 0.25) is 0 Å². The first-order chi connectivity index (χ1) is 8.63. The van der Waals surface area contributed by atoms with Crippen molar-refractivity contribution in [2.75, 3.05) is 14.1 Å². The Bertz CT molecular complexity index is 489. The third-order valence-corrected chi connectivity index (χ3v) is 2.12. The minimum absolute atomic E-state index is 0.627. The number of nitrogens with one attached hydrogen (secondary N) is 2. The van der Waals surface area contributed by atoms with Crippen molar-refractivity contribution in [1.29, 1.82) is 0 Å². The molecule has 0 saturated carbocycles. The second-order valence-corrected chi connectivity index (χ2v) is 3.67. The number of carbonyl (C=O) groups is 1. The molecule has 0 saturated heterocycles. The number of fused-ring (bicyclic) bond motifs is 1. The van der Waals surface area contributed by atoms with Gasteiger partial charge in [-0.05, 0) is 39.6 Å². The lowest BCUT2D eigenvalue weighted by atomic mass is 10.2. The molecular formula is C14H23N3O. The second kappa shape index (κ2) is 8.42. The summed E-state index contributed by atoms with van der Waals surface area (Å²) >= 11 is 0. The summed E-state index contributed by atoms with van der Waals surface area (Å²) in [7, 11) is 3.75. The van der Waals surface area contributed by atoms with Crippen LogP contribution >= 0.6 is 0 Å². The molecule has 4 nitrogen and oxygen atoms in total. The third-order valence-electron chi connectivity index (χ3n) is 2.12. The van der Waals surface area contributed by atoms with E-state index in [2.05, 4.69) is 15.3 Å². The molecule has 0 aliphatic carbocycles. The van der Waals surface area contributed by atoms with Crippen LogP contribution in [0.4, 0.5) is 0 Å². The molecule has 100 valence electrons. The first-order valence-corrected chi connectivity index (χ1v) is 6.13. The van der Waals surface area contributed by atoms with Gasteiger partial charge in [0.15, 0.2) is 6.29 Å². The lowest BCUT2D eigenvalue weighted by Gasteiger charge is -1.97. The third kappa shape index (κ3) is 3.96. The van der Waals surface area contributed by atoms with Crippen LogP contribution < -0.4 is 5.32 Å². The van der Waals surface area contributed by atoms with Crippen molar-refractivity contribution in [2.24, 2.45) is 0 Å². The summed E-state index contributed by atoms with van der Waals surface area (Å²) in [5.41, 5.74) is 4.41. The number of nitrogens with zero attached hydrogens (tertiary/aromatic N) is 1. The van der Waals surface area contributed by atoms with Crippen LogP contribution in [0.1, 0.15) is 35.5 Å². The predicted octanol–water partition coefficient (Wildman–Crippen LogP) is 2.85. The van der Waals surface area contributed by atoms with E-state index in [1.807, 2.05) is 47.9 Å². The highest BCUT2D eigenvalue weighted by Crippen LogP contribution is 2.18. The fourth-order valence-electron chi connectivity index (χ4n) is 1.54. The van der Waals surface area contributed by atoms with E-state index in [0.29, 0.717) is 5.56 Å². The molecule has 18 heavy (non-hydrogen) atoms. The van der Waals surface area contributed by atoms with Crippen molar-refractivity contribution >= 4 is 17.3 Å². The van der Waals surface area contributed by atoms with Crippen molar-refractivity contribution in [2.45, 2.75) is 27.7 Å². The zero-order valence-electron chi connectivity index (χ0n) is 12.1. The Morgan fingerprint density at radius 1 is 1.28 bits per heavy atom. The monoisotopic (exact) mass is 249 g/mol. The number of aromatic amines is 1. The number of aryl methyl sites for hydroxylation is 2. The van der Waals surface area contributed by atoms with E-state index in [0.717, 1.165) is 28.6 Å². The van der Waals surface area contributed by atoms with Gasteiger partial charge < -0.3 is 10.3 Å². The standard InChI is InChI=1S/C10H10N2O.C2H7N.C2H6/c1-6-3-7(2)12-10-8(5-13)4-11-9(6)10;1-3-2;1-2/h3-5,11H,1-2H3;3H,1-2H3;1-2H3. The Hall–Kier alpha value is -1.68. The predicted molar refractivity (Wildman–Crippen MR) is 77.3 cm³/mol. The SMILES string of the molecule is CC.CNC.Cc1cc(C)c2[nH]cc(C=O)c2n1. The Labute approximate surface area is 109 Å². The van der Waals surface area contributed by atoms with Crippen LogP contribution in [0.15, 0.2) is 12.3 Å². The van der Waals surface area contributed by atoms with Gasteiger partial charge in [0.1, 0.15) is 0 Å². The molecule has 4 heteroatoms. The van der Waals surface area contributed by atoms with Crippen molar-refractivity contribution < 1.29 is 4.79 Å². The highest BCUT2D eigenvalue weighted by molar-refractivity contribution is 5.95. The molecule has 0 amide bonds. The summed E-state index contributed by atoms with van der Waals surface area (Å²) in [4.78, 5) is 18.0. The number of aldehydes is 1. The largest absolute Gasteiger partial charge is 0.359 e. The lowest BCUT2D eigenvalue weighted by molar-refractivity contribution is 0.112. The van der Waals surface area contributed by atoms with Gasteiger partial charge >= 0.3 is 0 Å². The maximum absolute atomic E-state index is 10.6. The van der Waals surface area contributed by atoms with Crippen LogP contribution in [0.5, 0.6) is 0 Å². The van der Waals surface area contributed by atoms with Crippen LogP contribution in [-0.4, -0.2) is 30.3 Å². The zero-order valence-corrected chi connectivity index (χ0v) is 12.1. The van der Waals surface area contributed by atoms with Crippen LogP contribution in [0.3, 0.4) is 0 Å². The van der Waals surface area contributed by atoms with Crippen LogP contribution in [0.2, 0.25) is 0 Å². The Kier molecular flexibility index (Phi) is 7.63. The summed E-state index contributed by atoms with van der Waals surface area (Å²) in [5, 5.41) is 2.75. The van der Waals surface area contributed by atoms with E-state index >= 15 is 0 Å². The number of hydrogen-bond acceptors (Lipinski definition) is 3. The molecule has 0 aliphatic heterocycles. The van der Waals surface area contributed by atoms with Gasteiger partial charge in [-0.2, -0.15) is 0 Å². The number of aromatic nitrogens is 2. The van der Waals surface area contributed by atoms with E-state index in [1.54, 1.807) is 6.20 Å². The molecule has 0 fully saturated rings. The molecule has 0 aliphatic rings. The van der Waals surface area contributed by atoms with Gasteiger partial charge in [-0.1, -0.05) is 13.8 Å². The van der Waals surface area contributed by atoms with Crippen molar-refractivity contribution in [3.8, 4) is 0 Å². The molecule has 2 heterocycles. The molecule has 0 bridgehead atoms. The minimum Gasteiger partial charge on any atom is -0.359 e. The van der Waals surface area contributed by atoms with E-state index in [-0.39, 0.29) is 0 Å². The Morgan fingerprint density at radius 2 is 1.83 bits per heavy atom. The average molecular weight is 249 g/mol. The molecule has 0 spiro atoms. The summed E-state index contributed by atoms with van der Waals surface area (Å²) in [5.74, 6) is 0. The number of hydrogen-bond donors (Lipinski definition) is 2. The molecule has 0 unspecified atom stereocenters. The van der Waals surface area contributed by atoms with Crippen LogP contribution in [0, 0.1) is 13.8 Å². The van der Waals surface area contributed by atoms with E-state index < -0.39 is 0 Å². The zero-order chi connectivity index (χ0) is 14.1. The summed E-state index contributed by atoms with van der Waals surface area (Å²) < 4.78 is 0. The molecule has 2 rings (SSSR count). The Morgan fingerprint density at radius 3 is 2.33 bits per heavy atom. The molecule has 2 aromatic heterocycles. The highest BCUT2D eigenvalue weighted by atomic mass is 16.1. The maximum Gasteiger partial charge on any atom is 0.153 e. The lowest BCUT2D eigenvalue weighted by Crippen LogP contribution is -1.89. The van der Waals surface area contributed by atoms with E-state index in [1.165, 1.54) is 0 Å². The number of pyridine rings is 1. The molecular weight excluding hydrogens is 226 g/mol. The van der Waals surface area contributed by atoms with Crippen molar-refractivity contribution in [3.63, 3.8) is 0 Å². The first-order valence-electron chi connectivity index (χ1n) is 6.13. The Balaban J connectivity index is 0.000000509.